The summed E-state index contributed by atoms with van der Waals surface area (Å²) in [6.45, 7) is 0. The van der Waals surface area contributed by atoms with Gasteiger partial charge in [-0.15, -0.1) is 0 Å². The van der Waals surface area contributed by atoms with Crippen LogP contribution in [0.25, 0.3) is 0 Å². The van der Waals surface area contributed by atoms with Crippen molar-refractivity contribution in [2.45, 2.75) is 44.1 Å². The van der Waals surface area contributed by atoms with Gasteiger partial charge in [-0.3, -0.25) is 9.78 Å². The fraction of sp³-hybridized carbons (Fsp3) is 0.625. The number of carbonyl (C=O) groups is 1. The summed E-state index contributed by atoms with van der Waals surface area (Å²) >= 11 is 6.08. The predicted octanol–water partition coefficient (Wildman–Crippen LogP) is 3.43. The van der Waals surface area contributed by atoms with Gasteiger partial charge < -0.3 is 5.32 Å². The molecule has 3 nitrogen and oxygen atoms in total. The maximum absolute atomic E-state index is 12.5. The molecule has 4 aliphatic rings. The van der Waals surface area contributed by atoms with E-state index in [1.165, 1.54) is 25.5 Å². The predicted molar refractivity (Wildman–Crippen MR) is 77.6 cm³/mol. The number of pyridine rings is 1. The molecule has 0 aromatic carbocycles. The van der Waals surface area contributed by atoms with E-state index in [1.54, 1.807) is 12.3 Å². The quantitative estimate of drug-likeness (QED) is 0.906. The minimum Gasteiger partial charge on any atom is -0.347 e. The average Bonchev–Trinajstić information content (AvgIpc) is 2.36. The Hall–Kier alpha value is -1.09. The van der Waals surface area contributed by atoms with Gasteiger partial charge in [0.2, 0.25) is 0 Å². The van der Waals surface area contributed by atoms with Crippen LogP contribution in [0.1, 0.15) is 48.9 Å². The second kappa shape index (κ2) is 4.45. The van der Waals surface area contributed by atoms with E-state index in [2.05, 4.69) is 10.3 Å². The third kappa shape index (κ3) is 2.03. The SMILES string of the molecule is O=C(NC12CC3CC(CC(C3)C1)C2)c1ccncc1Cl. The molecule has 0 unspecified atom stereocenters. The molecule has 4 bridgehead atoms. The molecule has 5 rings (SSSR count). The van der Waals surface area contributed by atoms with Crippen molar-refractivity contribution in [2.75, 3.05) is 0 Å². The van der Waals surface area contributed by atoms with Crippen LogP contribution in [0.3, 0.4) is 0 Å². The molecule has 1 amide bonds. The first-order valence-corrected chi connectivity index (χ1v) is 7.93. The van der Waals surface area contributed by atoms with Crippen molar-refractivity contribution in [1.29, 1.82) is 0 Å². The highest BCUT2D eigenvalue weighted by Gasteiger charge is 2.51. The number of hydrogen-bond acceptors (Lipinski definition) is 2. The molecule has 106 valence electrons. The summed E-state index contributed by atoms with van der Waals surface area (Å²) in [5.74, 6) is 2.46. The van der Waals surface area contributed by atoms with Crippen LogP contribution in [0.2, 0.25) is 5.02 Å². The third-order valence-corrected chi connectivity index (χ3v) is 5.74. The smallest absolute Gasteiger partial charge is 0.253 e. The minimum absolute atomic E-state index is 0.0284. The van der Waals surface area contributed by atoms with Gasteiger partial charge in [0.05, 0.1) is 10.6 Å². The molecule has 0 spiro atoms. The summed E-state index contributed by atoms with van der Waals surface area (Å²) in [4.78, 5) is 16.5. The number of aromatic nitrogens is 1. The van der Waals surface area contributed by atoms with Crippen LogP contribution in [0.4, 0.5) is 0 Å². The lowest BCUT2D eigenvalue weighted by molar-refractivity contribution is -0.0167. The van der Waals surface area contributed by atoms with Crippen molar-refractivity contribution >= 4 is 17.5 Å². The van der Waals surface area contributed by atoms with Gasteiger partial charge in [-0.1, -0.05) is 11.6 Å². The summed E-state index contributed by atoms with van der Waals surface area (Å²) in [6.07, 6.45) is 10.8. The van der Waals surface area contributed by atoms with E-state index < -0.39 is 0 Å². The molecule has 4 fully saturated rings. The topological polar surface area (TPSA) is 42.0 Å². The Morgan fingerprint density at radius 3 is 2.35 bits per heavy atom. The van der Waals surface area contributed by atoms with E-state index in [0.717, 1.165) is 37.0 Å². The van der Waals surface area contributed by atoms with E-state index in [1.807, 2.05) is 0 Å². The van der Waals surface area contributed by atoms with Crippen LogP contribution < -0.4 is 5.32 Å². The molecule has 4 aliphatic carbocycles. The Balaban J connectivity index is 1.57. The largest absolute Gasteiger partial charge is 0.347 e. The van der Waals surface area contributed by atoms with Crippen LogP contribution in [0, 0.1) is 17.8 Å². The maximum Gasteiger partial charge on any atom is 0.253 e. The van der Waals surface area contributed by atoms with Crippen molar-refractivity contribution < 1.29 is 4.79 Å². The zero-order valence-electron chi connectivity index (χ0n) is 11.4. The molecule has 0 atom stereocenters. The van der Waals surface area contributed by atoms with Gasteiger partial charge >= 0.3 is 0 Å². The number of halogens is 1. The van der Waals surface area contributed by atoms with Crippen LogP contribution in [0.5, 0.6) is 0 Å². The van der Waals surface area contributed by atoms with Gasteiger partial charge in [0.1, 0.15) is 0 Å². The fourth-order valence-corrected chi connectivity index (χ4v) is 5.34. The molecule has 0 saturated heterocycles. The maximum atomic E-state index is 12.5. The first-order chi connectivity index (χ1) is 9.63. The van der Waals surface area contributed by atoms with Crippen LogP contribution >= 0.6 is 11.6 Å². The molecule has 0 aliphatic heterocycles. The zero-order chi connectivity index (χ0) is 13.7. The first kappa shape index (κ1) is 12.6. The Kier molecular flexibility index (Phi) is 2.81. The van der Waals surface area contributed by atoms with Crippen molar-refractivity contribution in [1.82, 2.24) is 10.3 Å². The lowest BCUT2D eigenvalue weighted by atomic mass is 9.53. The van der Waals surface area contributed by atoms with Gasteiger partial charge in [0, 0.05) is 17.9 Å². The molecule has 1 N–H and O–H groups in total. The molecule has 1 aromatic heterocycles. The summed E-state index contributed by atoms with van der Waals surface area (Å²) in [5, 5.41) is 3.77. The highest BCUT2D eigenvalue weighted by molar-refractivity contribution is 6.33. The molecule has 4 heteroatoms. The number of nitrogens with zero attached hydrogens (tertiary/aromatic N) is 1. The molecule has 0 radical (unpaired) electrons. The summed E-state index contributed by atoms with van der Waals surface area (Å²) in [7, 11) is 0. The van der Waals surface area contributed by atoms with E-state index >= 15 is 0 Å². The minimum atomic E-state index is -0.0284. The molecule has 20 heavy (non-hydrogen) atoms. The normalized spacial score (nSPS) is 38.0. The second-order valence-corrected chi connectivity index (χ2v) is 7.41. The Bertz CT molecular complexity index is 522. The summed E-state index contributed by atoms with van der Waals surface area (Å²) < 4.78 is 0. The zero-order valence-corrected chi connectivity index (χ0v) is 12.2. The van der Waals surface area contributed by atoms with E-state index in [4.69, 9.17) is 11.6 Å². The number of carbonyl (C=O) groups excluding carboxylic acids is 1. The number of rotatable bonds is 2. The molecule has 4 saturated carbocycles. The van der Waals surface area contributed by atoms with Gasteiger partial charge in [-0.05, 0) is 62.3 Å². The lowest BCUT2D eigenvalue weighted by Gasteiger charge is -2.56. The lowest BCUT2D eigenvalue weighted by Crippen LogP contribution is -2.59. The van der Waals surface area contributed by atoms with Gasteiger partial charge in [-0.2, -0.15) is 0 Å². The van der Waals surface area contributed by atoms with E-state index in [9.17, 15) is 4.79 Å². The third-order valence-electron chi connectivity index (χ3n) is 5.43. The van der Waals surface area contributed by atoms with Crippen molar-refractivity contribution in [2.24, 2.45) is 17.8 Å². The van der Waals surface area contributed by atoms with Crippen molar-refractivity contribution in [3.8, 4) is 0 Å². The number of nitrogens with one attached hydrogen (secondary N) is 1. The Morgan fingerprint density at radius 1 is 1.20 bits per heavy atom. The van der Waals surface area contributed by atoms with Gasteiger partial charge in [0.15, 0.2) is 0 Å². The summed E-state index contributed by atoms with van der Waals surface area (Å²) in [5.41, 5.74) is 0.593. The van der Waals surface area contributed by atoms with E-state index in [0.29, 0.717) is 10.6 Å². The molecular formula is C16H19ClN2O. The highest BCUT2D eigenvalue weighted by Crippen LogP contribution is 2.55. The molecule has 1 heterocycles. The number of amides is 1. The molecule has 1 aromatic rings. The monoisotopic (exact) mass is 290 g/mol. The standard InChI is InChI=1S/C16H19ClN2O/c17-14-9-18-2-1-13(14)15(20)19-16-6-10-3-11(7-16)5-12(4-10)8-16/h1-2,9-12H,3-8H2,(H,19,20). The highest BCUT2D eigenvalue weighted by atomic mass is 35.5. The average molecular weight is 291 g/mol. The van der Waals surface area contributed by atoms with Gasteiger partial charge in [0.25, 0.3) is 5.91 Å². The van der Waals surface area contributed by atoms with Crippen molar-refractivity contribution in [3.63, 3.8) is 0 Å². The van der Waals surface area contributed by atoms with Crippen LogP contribution in [0.15, 0.2) is 18.5 Å². The molecular weight excluding hydrogens is 272 g/mol. The second-order valence-electron chi connectivity index (χ2n) is 7.01. The first-order valence-electron chi connectivity index (χ1n) is 7.56. The van der Waals surface area contributed by atoms with Crippen LogP contribution in [-0.2, 0) is 0 Å². The van der Waals surface area contributed by atoms with Crippen LogP contribution in [-0.4, -0.2) is 16.4 Å². The summed E-state index contributed by atoms with van der Waals surface area (Å²) in [6, 6.07) is 1.71. The van der Waals surface area contributed by atoms with Gasteiger partial charge in [-0.25, -0.2) is 0 Å². The Labute approximate surface area is 124 Å². The van der Waals surface area contributed by atoms with Crippen molar-refractivity contribution in [3.05, 3.63) is 29.0 Å². The fourth-order valence-electron chi connectivity index (χ4n) is 5.13. The Morgan fingerprint density at radius 2 is 1.80 bits per heavy atom. The van der Waals surface area contributed by atoms with E-state index in [-0.39, 0.29) is 11.4 Å². The number of hydrogen-bond donors (Lipinski definition) is 1.